The van der Waals surface area contributed by atoms with Crippen molar-refractivity contribution in [2.75, 3.05) is 0 Å². The maximum Gasteiger partial charge on any atom is 0.160 e. The third kappa shape index (κ3) is 4.22. The van der Waals surface area contributed by atoms with Crippen LogP contribution in [0.5, 0.6) is 0 Å². The van der Waals surface area contributed by atoms with Gasteiger partial charge < -0.3 is 4.42 Å². The minimum Gasteiger partial charge on any atom is -0.456 e. The molecule has 0 amide bonds. The number of benzene rings is 6. The summed E-state index contributed by atoms with van der Waals surface area (Å²) in [5.74, 6) is 0.639. The summed E-state index contributed by atoms with van der Waals surface area (Å²) in [6.07, 6.45) is 5.83. The monoisotopic (exact) mass is 629 g/mol. The van der Waals surface area contributed by atoms with Crippen molar-refractivity contribution in [3.8, 4) is 51.1 Å². The normalized spacial score (nSPS) is 14.7. The Hall–Kier alpha value is -6.05. The number of hydrogen-bond donors (Lipinski definition) is 0. The van der Waals surface area contributed by atoms with Crippen molar-refractivity contribution < 1.29 is 4.42 Å². The second kappa shape index (κ2) is 10.7. The van der Waals surface area contributed by atoms with E-state index in [1.807, 2.05) is 24.3 Å². The van der Waals surface area contributed by atoms with Gasteiger partial charge in [0.1, 0.15) is 11.2 Å². The standard InChI is InChI=1S/C45H31N3O/c46-27-32-12-8-15-36-42(32)43-35(14-9-16-37(43)45(36)22-6-1-7-23-45)39-26-38(30-19-18-28-10-2-3-11-29(28)24-30)47-44(48-39)31-20-21-34-33-13-4-5-17-40(33)49-41(34)25-31/h2-5,8-21,24-26H,1,6-7,22-23H2. The number of fused-ring (bicyclic) bond motifs is 9. The Labute approximate surface area is 284 Å². The number of furan rings is 1. The van der Waals surface area contributed by atoms with Crippen molar-refractivity contribution in [2.45, 2.75) is 37.5 Å². The molecule has 0 saturated heterocycles. The van der Waals surface area contributed by atoms with Crippen LogP contribution in [0, 0.1) is 11.3 Å². The summed E-state index contributed by atoms with van der Waals surface area (Å²) in [5.41, 5.74) is 11.9. The molecule has 0 N–H and O–H groups in total. The van der Waals surface area contributed by atoms with Gasteiger partial charge in [-0.15, -0.1) is 0 Å². The van der Waals surface area contributed by atoms with Crippen molar-refractivity contribution >= 4 is 32.7 Å². The van der Waals surface area contributed by atoms with E-state index >= 15 is 0 Å². The Morgan fingerprint density at radius 1 is 0.571 bits per heavy atom. The number of aromatic nitrogens is 2. The second-order valence-electron chi connectivity index (χ2n) is 13.5. The Kier molecular flexibility index (Phi) is 6.14. The summed E-state index contributed by atoms with van der Waals surface area (Å²) in [4.78, 5) is 10.5. The first-order chi connectivity index (χ1) is 24.2. The van der Waals surface area contributed by atoms with E-state index < -0.39 is 0 Å². The number of hydrogen-bond acceptors (Lipinski definition) is 4. The molecule has 1 fully saturated rings. The largest absolute Gasteiger partial charge is 0.456 e. The van der Waals surface area contributed by atoms with Gasteiger partial charge in [0, 0.05) is 38.4 Å². The Balaban J connectivity index is 1.23. The van der Waals surface area contributed by atoms with Gasteiger partial charge in [-0.25, -0.2) is 9.97 Å². The minimum atomic E-state index is -0.0743. The fraction of sp³-hybridized carbons (Fsp3) is 0.133. The smallest absolute Gasteiger partial charge is 0.160 e. The molecular formula is C45H31N3O. The molecule has 1 spiro atoms. The summed E-state index contributed by atoms with van der Waals surface area (Å²) in [7, 11) is 0. The third-order valence-corrected chi connectivity index (χ3v) is 10.9. The molecule has 232 valence electrons. The molecule has 49 heavy (non-hydrogen) atoms. The van der Waals surface area contributed by atoms with Crippen molar-refractivity contribution in [1.82, 2.24) is 9.97 Å². The van der Waals surface area contributed by atoms with Crippen LogP contribution in [0.15, 0.2) is 132 Å². The topological polar surface area (TPSA) is 62.7 Å². The number of nitrogens with zero attached hydrogens (tertiary/aromatic N) is 3. The first-order valence-electron chi connectivity index (χ1n) is 17.2. The van der Waals surface area contributed by atoms with Gasteiger partial charge >= 0.3 is 0 Å². The maximum atomic E-state index is 10.4. The first-order valence-corrected chi connectivity index (χ1v) is 17.2. The maximum absolute atomic E-state index is 10.4. The van der Waals surface area contributed by atoms with Crippen LogP contribution in [0.1, 0.15) is 48.8 Å². The highest BCUT2D eigenvalue weighted by atomic mass is 16.3. The molecule has 4 heteroatoms. The minimum absolute atomic E-state index is 0.0743. The summed E-state index contributed by atoms with van der Waals surface area (Å²) in [5, 5.41) is 14.9. The molecule has 4 nitrogen and oxygen atoms in total. The summed E-state index contributed by atoms with van der Waals surface area (Å²) < 4.78 is 6.30. The van der Waals surface area contributed by atoms with Crippen LogP contribution in [0.3, 0.4) is 0 Å². The zero-order chi connectivity index (χ0) is 32.5. The van der Waals surface area contributed by atoms with E-state index in [0.717, 1.165) is 84.9 Å². The van der Waals surface area contributed by atoms with Gasteiger partial charge in [-0.2, -0.15) is 5.26 Å². The predicted molar refractivity (Wildman–Crippen MR) is 197 cm³/mol. The third-order valence-electron chi connectivity index (χ3n) is 10.9. The molecule has 2 aliphatic rings. The van der Waals surface area contributed by atoms with Gasteiger partial charge in [-0.05, 0) is 76.7 Å². The first kappa shape index (κ1) is 28.0. The van der Waals surface area contributed by atoms with Crippen LogP contribution in [-0.2, 0) is 5.41 Å². The van der Waals surface area contributed by atoms with E-state index in [-0.39, 0.29) is 5.41 Å². The van der Waals surface area contributed by atoms with E-state index in [2.05, 4.69) is 109 Å². The fourth-order valence-electron chi connectivity index (χ4n) is 8.66. The van der Waals surface area contributed by atoms with Crippen LogP contribution < -0.4 is 0 Å². The molecule has 6 aromatic carbocycles. The zero-order valence-electron chi connectivity index (χ0n) is 26.9. The summed E-state index contributed by atoms with van der Waals surface area (Å²) >= 11 is 0. The van der Waals surface area contributed by atoms with Crippen LogP contribution in [0.2, 0.25) is 0 Å². The SMILES string of the molecule is N#Cc1cccc2c1-c1c(-c3cc(-c4ccc5ccccc5c4)nc(-c4ccc5c(c4)oc4ccccc45)n3)cccc1C21CCCCC1. The van der Waals surface area contributed by atoms with Gasteiger partial charge in [-0.3, -0.25) is 0 Å². The molecule has 2 heterocycles. The zero-order valence-corrected chi connectivity index (χ0v) is 26.9. The molecule has 2 aliphatic carbocycles. The Morgan fingerprint density at radius 2 is 1.31 bits per heavy atom. The van der Waals surface area contributed by atoms with Crippen molar-refractivity contribution in [3.05, 3.63) is 144 Å². The average Bonchev–Trinajstić information content (AvgIpc) is 3.67. The van der Waals surface area contributed by atoms with Crippen molar-refractivity contribution in [1.29, 1.82) is 5.26 Å². The van der Waals surface area contributed by atoms with Gasteiger partial charge in [0.15, 0.2) is 5.82 Å². The fourth-order valence-corrected chi connectivity index (χ4v) is 8.66. The number of rotatable bonds is 3. The Bertz CT molecular complexity index is 2670. The highest BCUT2D eigenvalue weighted by molar-refractivity contribution is 6.06. The molecule has 0 bridgehead atoms. The second-order valence-corrected chi connectivity index (χ2v) is 13.5. The van der Waals surface area contributed by atoms with Crippen LogP contribution in [-0.4, -0.2) is 9.97 Å². The van der Waals surface area contributed by atoms with Gasteiger partial charge in [0.25, 0.3) is 0 Å². The van der Waals surface area contributed by atoms with Crippen molar-refractivity contribution in [3.63, 3.8) is 0 Å². The van der Waals surface area contributed by atoms with E-state index in [0.29, 0.717) is 5.82 Å². The molecule has 1 saturated carbocycles. The summed E-state index contributed by atoms with van der Waals surface area (Å²) in [6, 6.07) is 47.0. The lowest BCUT2D eigenvalue weighted by Crippen LogP contribution is -2.28. The van der Waals surface area contributed by atoms with E-state index in [1.165, 1.54) is 35.8 Å². The van der Waals surface area contributed by atoms with Crippen molar-refractivity contribution in [2.24, 2.45) is 0 Å². The molecule has 0 unspecified atom stereocenters. The van der Waals surface area contributed by atoms with Crippen LogP contribution in [0.4, 0.5) is 0 Å². The van der Waals surface area contributed by atoms with E-state index in [1.54, 1.807) is 0 Å². The van der Waals surface area contributed by atoms with Crippen LogP contribution >= 0.6 is 0 Å². The molecule has 2 aromatic heterocycles. The van der Waals surface area contributed by atoms with Gasteiger partial charge in [0.2, 0.25) is 0 Å². The molecule has 8 aromatic rings. The highest BCUT2D eigenvalue weighted by Gasteiger charge is 2.45. The molecular weight excluding hydrogens is 599 g/mol. The molecule has 0 aliphatic heterocycles. The Morgan fingerprint density at radius 3 is 2.18 bits per heavy atom. The number of nitriles is 1. The van der Waals surface area contributed by atoms with E-state index in [4.69, 9.17) is 14.4 Å². The summed E-state index contributed by atoms with van der Waals surface area (Å²) in [6.45, 7) is 0. The molecule has 0 atom stereocenters. The lowest BCUT2D eigenvalue weighted by molar-refractivity contribution is 0.353. The highest BCUT2D eigenvalue weighted by Crippen LogP contribution is 2.58. The molecule has 10 rings (SSSR count). The average molecular weight is 630 g/mol. The lowest BCUT2D eigenvalue weighted by Gasteiger charge is -2.36. The van der Waals surface area contributed by atoms with Gasteiger partial charge in [-0.1, -0.05) is 110 Å². The lowest BCUT2D eigenvalue weighted by atomic mass is 9.67. The quantitative estimate of drug-likeness (QED) is 0.195. The van der Waals surface area contributed by atoms with Gasteiger partial charge in [0.05, 0.1) is 23.0 Å². The predicted octanol–water partition coefficient (Wildman–Crippen LogP) is 11.6. The van der Waals surface area contributed by atoms with Crippen LogP contribution in [0.25, 0.3) is 77.7 Å². The molecule has 0 radical (unpaired) electrons. The number of para-hydroxylation sites is 1. The van der Waals surface area contributed by atoms with E-state index in [9.17, 15) is 5.26 Å².